The molecule has 1 aromatic carbocycles. The summed E-state index contributed by atoms with van der Waals surface area (Å²) in [5, 5.41) is 6.19. The number of ether oxygens (including phenoxy) is 1. The number of carbonyl (C=O) groups excluding carboxylic acids is 2. The predicted octanol–water partition coefficient (Wildman–Crippen LogP) is 2.96. The summed E-state index contributed by atoms with van der Waals surface area (Å²) in [5.74, 6) is 0.385. The Labute approximate surface area is 200 Å². The van der Waals surface area contributed by atoms with Crippen LogP contribution in [0.2, 0.25) is 0 Å². The van der Waals surface area contributed by atoms with Crippen LogP contribution in [0, 0.1) is 0 Å². The molecule has 2 aliphatic heterocycles. The third-order valence-electron chi connectivity index (χ3n) is 5.38. The van der Waals surface area contributed by atoms with Crippen molar-refractivity contribution in [3.05, 3.63) is 29.8 Å². The van der Waals surface area contributed by atoms with Gasteiger partial charge >= 0.3 is 12.1 Å². The number of hydrogen-bond acceptors (Lipinski definition) is 4. The van der Waals surface area contributed by atoms with E-state index in [0.29, 0.717) is 32.2 Å². The first-order valence-corrected chi connectivity index (χ1v) is 10.7. The van der Waals surface area contributed by atoms with Crippen molar-refractivity contribution in [2.24, 2.45) is 10.7 Å². The predicted molar refractivity (Wildman–Crippen MR) is 132 cm³/mol. The number of nitrogens with two attached hydrogens (primary N) is 1. The van der Waals surface area contributed by atoms with Gasteiger partial charge in [-0.15, -0.1) is 24.0 Å². The van der Waals surface area contributed by atoms with Gasteiger partial charge in [-0.05, 0) is 50.3 Å². The Hall–Kier alpha value is -2.24. The summed E-state index contributed by atoms with van der Waals surface area (Å²) >= 11 is 0. The van der Waals surface area contributed by atoms with Crippen molar-refractivity contribution in [1.82, 2.24) is 15.1 Å². The molecule has 0 spiro atoms. The molecule has 0 saturated carbocycles. The lowest BCUT2D eigenvalue weighted by molar-refractivity contribution is 0.0963. The van der Waals surface area contributed by atoms with Gasteiger partial charge in [-0.3, -0.25) is 0 Å². The van der Waals surface area contributed by atoms with Crippen molar-refractivity contribution in [1.29, 1.82) is 0 Å². The fraction of sp³-hybridized carbons (Fsp3) is 0.571. The molecule has 0 atom stereocenters. The fourth-order valence-corrected chi connectivity index (χ4v) is 3.72. The number of guanidine groups is 1. The van der Waals surface area contributed by atoms with E-state index in [1.807, 2.05) is 29.2 Å². The minimum absolute atomic E-state index is 0. The first-order valence-electron chi connectivity index (χ1n) is 10.7. The number of rotatable bonds is 5. The van der Waals surface area contributed by atoms with Gasteiger partial charge in [0.15, 0.2) is 5.96 Å². The van der Waals surface area contributed by atoms with Crippen molar-refractivity contribution >= 4 is 47.7 Å². The molecule has 0 bridgehead atoms. The summed E-state index contributed by atoms with van der Waals surface area (Å²) < 4.78 is 5.04. The number of nitrogens with one attached hydrogen (secondary N) is 2. The van der Waals surface area contributed by atoms with E-state index in [9.17, 15) is 9.59 Å². The molecule has 3 amide bonds. The fourth-order valence-electron chi connectivity index (χ4n) is 3.72. The van der Waals surface area contributed by atoms with E-state index < -0.39 is 0 Å². The highest BCUT2D eigenvalue weighted by Crippen LogP contribution is 2.15. The van der Waals surface area contributed by atoms with Crippen LogP contribution in [-0.4, -0.2) is 66.7 Å². The maximum absolute atomic E-state index is 12.2. The van der Waals surface area contributed by atoms with Crippen LogP contribution in [0.1, 0.15) is 38.2 Å². The van der Waals surface area contributed by atoms with Gasteiger partial charge in [-0.1, -0.05) is 12.1 Å². The molecular weight excluding hydrogens is 511 g/mol. The van der Waals surface area contributed by atoms with E-state index in [4.69, 9.17) is 10.5 Å². The van der Waals surface area contributed by atoms with E-state index >= 15 is 0 Å². The van der Waals surface area contributed by atoms with E-state index in [1.165, 1.54) is 0 Å². The van der Waals surface area contributed by atoms with Crippen LogP contribution in [0.3, 0.4) is 0 Å². The highest BCUT2D eigenvalue weighted by molar-refractivity contribution is 14.0. The van der Waals surface area contributed by atoms with Crippen molar-refractivity contribution in [3.8, 4) is 0 Å². The molecule has 2 fully saturated rings. The lowest BCUT2D eigenvalue weighted by atomic mass is 10.1. The molecule has 9 nitrogen and oxygen atoms in total. The molecule has 10 heteroatoms. The van der Waals surface area contributed by atoms with E-state index in [-0.39, 0.29) is 42.1 Å². The number of carbonyl (C=O) groups is 2. The smallest absolute Gasteiger partial charge is 0.409 e. The molecule has 0 radical (unpaired) electrons. The Morgan fingerprint density at radius 1 is 1.16 bits per heavy atom. The monoisotopic (exact) mass is 544 g/mol. The van der Waals surface area contributed by atoms with Gasteiger partial charge in [-0.25, -0.2) is 14.6 Å². The first-order chi connectivity index (χ1) is 14.5. The molecule has 0 aromatic heterocycles. The molecule has 31 heavy (non-hydrogen) atoms. The normalized spacial score (nSPS) is 17.1. The number of nitrogens with zero attached hydrogens (tertiary/aromatic N) is 3. The summed E-state index contributed by atoms with van der Waals surface area (Å²) in [7, 11) is 0. The largest absolute Gasteiger partial charge is 0.450 e. The van der Waals surface area contributed by atoms with E-state index in [0.717, 1.165) is 50.0 Å². The number of likely N-dealkylation sites (tertiary alicyclic amines) is 2. The number of piperidine rings is 1. The van der Waals surface area contributed by atoms with Crippen LogP contribution in [0.15, 0.2) is 29.3 Å². The number of aliphatic imine (C=N–C) groups is 1. The standard InChI is InChI=1S/C21H32N6O3.HI/c1-2-30-21(29)27-12-8-17(9-13-27)24-19(22)23-15-16-6-5-7-18(14-16)25-20(28)26-10-3-4-11-26;/h5-7,14,17H,2-4,8-13,15H2,1H3,(H,25,28)(H3,22,23,24);1H. The Bertz CT molecular complexity index is 761. The summed E-state index contributed by atoms with van der Waals surface area (Å²) in [6.07, 6.45) is 3.47. The van der Waals surface area contributed by atoms with Crippen molar-refractivity contribution in [2.75, 3.05) is 38.1 Å². The van der Waals surface area contributed by atoms with Gasteiger partial charge in [-0.2, -0.15) is 0 Å². The molecule has 0 unspecified atom stereocenters. The number of urea groups is 1. The molecule has 0 aliphatic carbocycles. The SMILES string of the molecule is CCOC(=O)N1CCC(NC(N)=NCc2cccc(NC(=O)N3CCCC3)c2)CC1.I. The lowest BCUT2D eigenvalue weighted by Crippen LogP contribution is -2.48. The Morgan fingerprint density at radius 3 is 2.55 bits per heavy atom. The summed E-state index contributed by atoms with van der Waals surface area (Å²) in [4.78, 5) is 32.0. The Kier molecular flexibility index (Phi) is 10.2. The molecule has 1 aromatic rings. The highest BCUT2D eigenvalue weighted by atomic mass is 127. The molecule has 2 aliphatic rings. The molecule has 2 saturated heterocycles. The first kappa shape index (κ1) is 25.0. The third kappa shape index (κ3) is 7.75. The Balaban J connectivity index is 0.00000341. The second kappa shape index (κ2) is 12.6. The lowest BCUT2D eigenvalue weighted by Gasteiger charge is -2.31. The Morgan fingerprint density at radius 2 is 1.87 bits per heavy atom. The minimum Gasteiger partial charge on any atom is -0.450 e. The van der Waals surface area contributed by atoms with Gasteiger partial charge in [0.1, 0.15) is 0 Å². The summed E-state index contributed by atoms with van der Waals surface area (Å²) in [6, 6.07) is 7.79. The topological polar surface area (TPSA) is 112 Å². The van der Waals surface area contributed by atoms with Gasteiger partial charge in [0.2, 0.25) is 0 Å². The summed E-state index contributed by atoms with van der Waals surface area (Å²) in [5.41, 5.74) is 7.78. The summed E-state index contributed by atoms with van der Waals surface area (Å²) in [6.45, 7) is 5.53. The maximum Gasteiger partial charge on any atom is 0.409 e. The van der Waals surface area contributed by atoms with Gasteiger partial charge < -0.3 is 30.9 Å². The molecule has 2 heterocycles. The van der Waals surface area contributed by atoms with Gasteiger partial charge in [0.05, 0.1) is 13.2 Å². The van der Waals surface area contributed by atoms with Crippen molar-refractivity contribution in [2.45, 2.75) is 45.2 Å². The average Bonchev–Trinajstić information content (AvgIpc) is 3.28. The molecule has 3 rings (SSSR count). The quantitative estimate of drug-likeness (QED) is 0.300. The number of amides is 3. The number of anilines is 1. The third-order valence-corrected chi connectivity index (χ3v) is 5.38. The second-order valence-corrected chi connectivity index (χ2v) is 7.63. The van der Waals surface area contributed by atoms with Gasteiger partial charge in [0.25, 0.3) is 0 Å². The van der Waals surface area contributed by atoms with Crippen LogP contribution in [-0.2, 0) is 11.3 Å². The van der Waals surface area contributed by atoms with Gasteiger partial charge in [0, 0.05) is 37.9 Å². The molecular formula is C21H33IN6O3. The van der Waals surface area contributed by atoms with E-state index in [2.05, 4.69) is 15.6 Å². The van der Waals surface area contributed by atoms with Crippen LogP contribution < -0.4 is 16.4 Å². The molecule has 172 valence electrons. The average molecular weight is 544 g/mol. The van der Waals surface area contributed by atoms with Crippen LogP contribution in [0.25, 0.3) is 0 Å². The van der Waals surface area contributed by atoms with Crippen LogP contribution >= 0.6 is 24.0 Å². The van der Waals surface area contributed by atoms with Crippen LogP contribution in [0.5, 0.6) is 0 Å². The zero-order valence-corrected chi connectivity index (χ0v) is 20.3. The maximum atomic E-state index is 12.2. The zero-order chi connectivity index (χ0) is 21.3. The van der Waals surface area contributed by atoms with Crippen molar-refractivity contribution in [3.63, 3.8) is 0 Å². The minimum atomic E-state index is -0.255. The number of hydrogen-bond donors (Lipinski definition) is 3. The van der Waals surface area contributed by atoms with Crippen molar-refractivity contribution < 1.29 is 14.3 Å². The highest BCUT2D eigenvalue weighted by Gasteiger charge is 2.23. The molecule has 4 N–H and O–H groups in total. The zero-order valence-electron chi connectivity index (χ0n) is 18.0. The van der Waals surface area contributed by atoms with E-state index in [1.54, 1.807) is 11.8 Å². The number of benzene rings is 1. The van der Waals surface area contributed by atoms with Crippen LogP contribution in [0.4, 0.5) is 15.3 Å². The number of halogens is 1. The second-order valence-electron chi connectivity index (χ2n) is 7.63.